The third kappa shape index (κ3) is 4.41. The first-order valence-corrected chi connectivity index (χ1v) is 8.29. The number of primary amides is 1. The average molecular weight is 311 g/mol. The molecule has 0 saturated heterocycles. The molecule has 0 bridgehead atoms. The molecule has 7 nitrogen and oxygen atoms in total. The van der Waals surface area contributed by atoms with Crippen molar-refractivity contribution in [3.63, 3.8) is 0 Å². The van der Waals surface area contributed by atoms with Gasteiger partial charge in [-0.05, 0) is 24.5 Å². The molecule has 0 fully saturated rings. The molecular formula is C13H18N3O4P. The fourth-order valence-electron chi connectivity index (χ4n) is 2.21. The Kier molecular flexibility index (Phi) is 4.80. The van der Waals surface area contributed by atoms with E-state index >= 15 is 0 Å². The van der Waals surface area contributed by atoms with E-state index in [9.17, 15) is 9.36 Å². The molecule has 0 aliphatic carbocycles. The summed E-state index contributed by atoms with van der Waals surface area (Å²) in [5, 5.41) is 3.59. The van der Waals surface area contributed by atoms with E-state index in [1.165, 1.54) is 0 Å². The van der Waals surface area contributed by atoms with Crippen LogP contribution in [0.25, 0.3) is 10.9 Å². The Morgan fingerprint density at radius 3 is 2.76 bits per heavy atom. The summed E-state index contributed by atoms with van der Waals surface area (Å²) >= 11 is 0. The highest BCUT2D eigenvalue weighted by molar-refractivity contribution is 7.51. The van der Waals surface area contributed by atoms with E-state index in [-0.39, 0.29) is 0 Å². The maximum atomic E-state index is 11.3. The summed E-state index contributed by atoms with van der Waals surface area (Å²) < 4.78 is 10.8. The number of H-pyrrole nitrogens is 1. The Bertz CT molecular complexity index is 679. The lowest BCUT2D eigenvalue weighted by Crippen LogP contribution is -2.41. The lowest BCUT2D eigenvalue weighted by atomic mass is 10.0. The van der Waals surface area contributed by atoms with Crippen molar-refractivity contribution in [3.8, 4) is 0 Å². The first-order valence-electron chi connectivity index (χ1n) is 6.49. The van der Waals surface area contributed by atoms with Crippen LogP contribution in [-0.2, 0) is 15.8 Å². The van der Waals surface area contributed by atoms with Gasteiger partial charge in [0.2, 0.25) is 5.91 Å². The molecule has 1 atom stereocenters. The zero-order valence-corrected chi connectivity index (χ0v) is 12.2. The Labute approximate surface area is 121 Å². The fourth-order valence-corrected chi connectivity index (χ4v) is 2.67. The summed E-state index contributed by atoms with van der Waals surface area (Å²) in [5.41, 5.74) is 7.30. The third-order valence-electron chi connectivity index (χ3n) is 3.26. The quantitative estimate of drug-likeness (QED) is 0.480. The van der Waals surface area contributed by atoms with Crippen LogP contribution in [0.5, 0.6) is 0 Å². The number of para-hydroxylation sites is 1. The summed E-state index contributed by atoms with van der Waals surface area (Å²) in [5.74, 6) is -0.622. The van der Waals surface area contributed by atoms with Crippen molar-refractivity contribution in [1.29, 1.82) is 0 Å². The van der Waals surface area contributed by atoms with Crippen LogP contribution in [0, 0.1) is 0 Å². The fraction of sp³-hybridized carbons (Fsp3) is 0.308. The van der Waals surface area contributed by atoms with Crippen LogP contribution in [0.15, 0.2) is 30.5 Å². The lowest BCUT2D eigenvalue weighted by molar-refractivity contribution is -0.120. The number of aryl methyl sites for hydroxylation is 1. The smallest absolute Gasteiger partial charge is 0.339 e. The van der Waals surface area contributed by atoms with Gasteiger partial charge in [-0.15, -0.1) is 0 Å². The zero-order chi connectivity index (χ0) is 15.5. The lowest BCUT2D eigenvalue weighted by Gasteiger charge is -2.15. The average Bonchev–Trinajstić information content (AvgIpc) is 2.80. The SMILES string of the molecule is NC(=O)[C@H](CCc1c[nH]c2ccccc12)NCP(=O)(O)O. The molecule has 6 N–H and O–H groups in total. The molecule has 0 saturated carbocycles. The van der Waals surface area contributed by atoms with Crippen LogP contribution < -0.4 is 11.1 Å². The molecule has 1 heterocycles. The van der Waals surface area contributed by atoms with Gasteiger partial charge < -0.3 is 20.5 Å². The second kappa shape index (κ2) is 6.41. The van der Waals surface area contributed by atoms with Crippen molar-refractivity contribution in [2.24, 2.45) is 5.73 Å². The zero-order valence-electron chi connectivity index (χ0n) is 11.3. The third-order valence-corrected chi connectivity index (χ3v) is 3.86. The molecule has 114 valence electrons. The van der Waals surface area contributed by atoms with Crippen molar-refractivity contribution in [1.82, 2.24) is 10.3 Å². The maximum Gasteiger partial charge on any atom is 0.339 e. The largest absolute Gasteiger partial charge is 0.368 e. The predicted octanol–water partition coefficient (Wildman–Crippen LogP) is 0.679. The number of aromatic amines is 1. The van der Waals surface area contributed by atoms with Crippen molar-refractivity contribution in [2.75, 3.05) is 6.29 Å². The van der Waals surface area contributed by atoms with Gasteiger partial charge in [-0.25, -0.2) is 0 Å². The van der Waals surface area contributed by atoms with Crippen LogP contribution >= 0.6 is 7.60 Å². The highest BCUT2D eigenvalue weighted by Crippen LogP contribution is 2.32. The van der Waals surface area contributed by atoms with Gasteiger partial charge in [-0.3, -0.25) is 14.7 Å². The summed E-state index contributed by atoms with van der Waals surface area (Å²) in [6.45, 7) is 0. The number of nitrogens with one attached hydrogen (secondary N) is 2. The van der Waals surface area contributed by atoms with E-state index in [1.54, 1.807) is 0 Å². The van der Waals surface area contributed by atoms with Crippen molar-refractivity contribution >= 4 is 24.4 Å². The monoisotopic (exact) mass is 311 g/mol. The van der Waals surface area contributed by atoms with E-state index in [1.807, 2.05) is 30.5 Å². The maximum absolute atomic E-state index is 11.3. The van der Waals surface area contributed by atoms with Gasteiger partial charge in [0.25, 0.3) is 0 Å². The molecule has 2 aromatic rings. The summed E-state index contributed by atoms with van der Waals surface area (Å²) in [4.78, 5) is 32.1. The molecule has 0 spiro atoms. The predicted molar refractivity (Wildman–Crippen MR) is 79.6 cm³/mol. The van der Waals surface area contributed by atoms with Gasteiger partial charge in [0.15, 0.2) is 0 Å². The minimum absolute atomic E-state index is 0.372. The van der Waals surface area contributed by atoms with Gasteiger partial charge in [0.05, 0.1) is 12.3 Å². The number of hydrogen-bond donors (Lipinski definition) is 5. The Balaban J connectivity index is 2.01. The molecular weight excluding hydrogens is 293 g/mol. The number of amides is 1. The van der Waals surface area contributed by atoms with E-state index in [2.05, 4.69) is 10.3 Å². The summed E-state index contributed by atoms with van der Waals surface area (Å²) in [7, 11) is -4.21. The summed E-state index contributed by atoms with van der Waals surface area (Å²) in [6.07, 6.45) is 2.25. The molecule has 21 heavy (non-hydrogen) atoms. The standard InChI is InChI=1S/C13H18N3O4P/c14-13(17)12(16-8-21(18,19)20)6-5-9-7-15-11-4-2-1-3-10(9)11/h1-4,7,12,15-16H,5-6,8H2,(H2,14,17)(H2,18,19,20)/t12-/m0/s1. The minimum Gasteiger partial charge on any atom is -0.368 e. The first kappa shape index (κ1) is 15.7. The number of benzene rings is 1. The van der Waals surface area contributed by atoms with Gasteiger partial charge in [-0.1, -0.05) is 18.2 Å². The van der Waals surface area contributed by atoms with Crippen LogP contribution in [0.1, 0.15) is 12.0 Å². The molecule has 0 unspecified atom stereocenters. The number of carbonyl (C=O) groups is 1. The molecule has 1 aromatic heterocycles. The molecule has 2 rings (SSSR count). The van der Waals surface area contributed by atoms with Gasteiger partial charge in [-0.2, -0.15) is 0 Å². The number of fused-ring (bicyclic) bond motifs is 1. The van der Waals surface area contributed by atoms with Crippen LogP contribution in [0.4, 0.5) is 0 Å². The molecule has 1 aromatic carbocycles. The highest BCUT2D eigenvalue weighted by atomic mass is 31.2. The van der Waals surface area contributed by atoms with Crippen molar-refractivity contribution in [2.45, 2.75) is 18.9 Å². The van der Waals surface area contributed by atoms with Crippen LogP contribution in [0.2, 0.25) is 0 Å². The van der Waals surface area contributed by atoms with E-state index in [0.29, 0.717) is 12.8 Å². The second-order valence-electron chi connectivity index (χ2n) is 4.88. The Morgan fingerprint density at radius 2 is 2.10 bits per heavy atom. The first-order chi connectivity index (χ1) is 9.87. The van der Waals surface area contributed by atoms with Crippen molar-refractivity contribution < 1.29 is 19.1 Å². The second-order valence-corrected chi connectivity index (χ2v) is 6.53. The van der Waals surface area contributed by atoms with Gasteiger partial charge in [0, 0.05) is 17.1 Å². The number of carbonyl (C=O) groups excluding carboxylic acids is 1. The normalized spacial score (nSPS) is 13.4. The molecule has 0 aliphatic rings. The number of nitrogens with two attached hydrogens (primary N) is 1. The molecule has 1 amide bonds. The number of hydrogen-bond acceptors (Lipinski definition) is 3. The Morgan fingerprint density at radius 1 is 1.38 bits per heavy atom. The van der Waals surface area contributed by atoms with E-state index < -0.39 is 25.8 Å². The molecule has 0 aliphatic heterocycles. The van der Waals surface area contributed by atoms with E-state index in [4.69, 9.17) is 15.5 Å². The summed E-state index contributed by atoms with van der Waals surface area (Å²) in [6, 6.07) is 7.01. The van der Waals surface area contributed by atoms with Crippen LogP contribution in [0.3, 0.4) is 0 Å². The molecule has 0 radical (unpaired) electrons. The van der Waals surface area contributed by atoms with E-state index in [0.717, 1.165) is 16.5 Å². The highest BCUT2D eigenvalue weighted by Gasteiger charge is 2.20. The number of aromatic nitrogens is 1. The Hall–Kier alpha value is -1.66. The number of rotatable bonds is 7. The van der Waals surface area contributed by atoms with Crippen molar-refractivity contribution in [3.05, 3.63) is 36.0 Å². The molecule has 8 heteroatoms. The topological polar surface area (TPSA) is 128 Å². The minimum atomic E-state index is -4.21. The van der Waals surface area contributed by atoms with Crippen LogP contribution in [-0.4, -0.2) is 33.0 Å². The van der Waals surface area contributed by atoms with Gasteiger partial charge in [0.1, 0.15) is 0 Å². The van der Waals surface area contributed by atoms with Gasteiger partial charge >= 0.3 is 7.60 Å².